The molecule has 0 radical (unpaired) electrons. The minimum Gasteiger partial charge on any atom is -0.870 e. The molecule has 4 amide bonds. The van der Waals surface area contributed by atoms with Gasteiger partial charge >= 0.3 is 69.3 Å². The van der Waals surface area contributed by atoms with Crippen LogP contribution in [0.25, 0.3) is 100 Å². The first kappa shape index (κ1) is 64.9. The fraction of sp³-hybridized carbons (Fsp3) is 0.0896. The second-order valence-corrected chi connectivity index (χ2v) is 19.7. The van der Waals surface area contributed by atoms with E-state index in [9.17, 15) is 38.7 Å². The average molecular weight is 1240 g/mol. The summed E-state index contributed by atoms with van der Waals surface area (Å²) < 4.78 is 5.27. The summed E-state index contributed by atoms with van der Waals surface area (Å²) in [5.74, 6) is -4.54. The number of esters is 1. The molecular formula is C67H52KN11O12. The zero-order chi connectivity index (χ0) is 62.0. The fourth-order valence-electron chi connectivity index (χ4n) is 10.0. The van der Waals surface area contributed by atoms with Crippen molar-refractivity contribution in [3.8, 4) is 67.2 Å². The largest absolute Gasteiger partial charge is 1.00 e. The first-order chi connectivity index (χ1) is 43.4. The zero-order valence-corrected chi connectivity index (χ0v) is 51.8. The van der Waals surface area contributed by atoms with Gasteiger partial charge in [-0.25, -0.2) is 44.3 Å². The van der Waals surface area contributed by atoms with Crippen molar-refractivity contribution in [1.82, 2.24) is 55.0 Å². The molecule has 12 aromatic rings. The third-order valence-corrected chi connectivity index (χ3v) is 14.1. The van der Waals surface area contributed by atoms with Gasteiger partial charge in [-0.05, 0) is 23.6 Å². The molecule has 2 aliphatic heterocycles. The normalized spacial score (nSPS) is 12.4. The van der Waals surface area contributed by atoms with E-state index in [1.807, 2.05) is 182 Å². The maximum Gasteiger partial charge on any atom is 1.00 e. The predicted octanol–water partition coefficient (Wildman–Crippen LogP) is 8.32. The summed E-state index contributed by atoms with van der Waals surface area (Å²) in [7, 11) is 0. The van der Waals surface area contributed by atoms with Crippen molar-refractivity contribution in [3.63, 3.8) is 0 Å². The minimum atomic E-state index is -1.07. The molecular weight excluding hydrogens is 1190 g/mol. The molecule has 6 aromatic carbocycles. The van der Waals surface area contributed by atoms with Gasteiger partial charge in [0.1, 0.15) is 16.6 Å². The number of ether oxygens (including phenoxy) is 1. The van der Waals surface area contributed by atoms with Crippen LogP contribution in [0.2, 0.25) is 0 Å². The number of rotatable bonds is 11. The van der Waals surface area contributed by atoms with Gasteiger partial charge in [0.2, 0.25) is 0 Å². The van der Waals surface area contributed by atoms with E-state index in [1.165, 1.54) is 6.33 Å². The Kier molecular flexibility index (Phi) is 21.1. The summed E-state index contributed by atoms with van der Waals surface area (Å²) in [6, 6.07) is 56.8. The van der Waals surface area contributed by atoms with Gasteiger partial charge in [0.25, 0.3) is 23.6 Å². The molecule has 2 aliphatic rings. The number of hydrogen-bond donors (Lipinski definition) is 5. The Morgan fingerprint density at radius 1 is 0.440 bits per heavy atom. The van der Waals surface area contributed by atoms with Gasteiger partial charge in [0, 0.05) is 59.1 Å². The van der Waals surface area contributed by atoms with Crippen LogP contribution >= 0.6 is 0 Å². The van der Waals surface area contributed by atoms with Gasteiger partial charge < -0.3 is 35.1 Å². The number of fused-ring (bicyclic) bond motifs is 3. The molecule has 0 saturated carbocycles. The van der Waals surface area contributed by atoms with Gasteiger partial charge in [-0.2, -0.15) is 5.06 Å². The number of aromatic carboxylic acids is 1. The molecule has 0 atom stereocenters. The SMILES string of the molecule is CCOC(=O)c1nc(-c2ccccc2)c2[nH]cnc2c1-c1ccccc1.O=C(O)c1nc(-c2ccccc2)c2[nH]cnc2c1-c1ccccc1.O=C(ON1C(=O)CCC1=O)c1nc(-c2ccccc2)c2[nH]cnc2c1-c1ccccc1.O=C1CCC(=O)N1O.[K+].[OH-]. The van der Waals surface area contributed by atoms with Crippen LogP contribution in [0.5, 0.6) is 0 Å². The van der Waals surface area contributed by atoms with Crippen molar-refractivity contribution in [2.45, 2.75) is 32.6 Å². The van der Waals surface area contributed by atoms with Gasteiger partial charge in [-0.1, -0.05) is 182 Å². The smallest absolute Gasteiger partial charge is 0.870 e. The number of imide groups is 2. The number of aromatic amines is 3. The van der Waals surface area contributed by atoms with Crippen molar-refractivity contribution < 1.29 is 110 Å². The standard InChI is InChI=1S/C23H16N4O4.C21H17N3O2.C19H13N3O2.C4H5NO3.K.H2O/c28-16-11-12-17(29)27(16)31-23(30)21-18(14-7-3-1-4-8-14)20-22(25-13-24-20)19(26-21)15-9-5-2-6-10-15;1-2-26-21(25)19-16(14-9-5-3-6-10-14)18-20(23-13-22-18)17(24-19)15-11-7-4-8-12-15;23-19(24)17-14(12-7-3-1-4-8-12)16-18(21-11-20-16)15(22-17)13-9-5-2-6-10-13;6-3-1-2-4(7)5(3)8;;/h1-10,13H,11-12H2,(H,24,25);3-13H,2H2,1H3,(H,22,23);1-11H,(H,20,21)(H,23,24);8H,1-2H2;;1H2/q;;;;+1;/p-1. The number of nitrogens with zero attached hydrogens (tertiary/aromatic N) is 8. The number of carboxylic acid groups (broad SMARTS) is 1. The molecule has 91 heavy (non-hydrogen) atoms. The van der Waals surface area contributed by atoms with Crippen LogP contribution in [0.4, 0.5) is 0 Å². The molecule has 8 heterocycles. The molecule has 24 heteroatoms. The van der Waals surface area contributed by atoms with E-state index in [1.54, 1.807) is 19.6 Å². The Bertz CT molecular complexity index is 4580. The zero-order valence-electron chi connectivity index (χ0n) is 48.7. The molecule has 0 unspecified atom stereocenters. The molecule has 0 spiro atoms. The van der Waals surface area contributed by atoms with Gasteiger partial charge in [-0.15, -0.1) is 5.06 Å². The number of aromatic nitrogens is 9. The second-order valence-electron chi connectivity index (χ2n) is 19.7. The van der Waals surface area contributed by atoms with Crippen LogP contribution in [0.15, 0.2) is 201 Å². The maximum absolute atomic E-state index is 13.2. The maximum atomic E-state index is 13.2. The minimum absolute atomic E-state index is 0. The number of benzene rings is 6. The number of carboxylic acids is 1. The number of hydroxylamine groups is 4. The Labute approximate surface area is 559 Å². The van der Waals surface area contributed by atoms with Gasteiger partial charge in [0.15, 0.2) is 17.1 Å². The summed E-state index contributed by atoms with van der Waals surface area (Å²) in [5.41, 5.74) is 12.6. The van der Waals surface area contributed by atoms with Crippen molar-refractivity contribution in [2.24, 2.45) is 0 Å². The first-order valence-corrected chi connectivity index (χ1v) is 27.9. The third kappa shape index (κ3) is 14.0. The molecule has 6 aromatic heterocycles. The van der Waals surface area contributed by atoms with E-state index in [-0.39, 0.29) is 111 Å². The summed E-state index contributed by atoms with van der Waals surface area (Å²) >= 11 is 0. The summed E-state index contributed by atoms with van der Waals surface area (Å²) in [5, 5.41) is 18.8. The quantitative estimate of drug-likeness (QED) is 0.0351. The molecule has 6 N–H and O–H groups in total. The Morgan fingerprint density at radius 2 is 0.725 bits per heavy atom. The first-order valence-electron chi connectivity index (χ1n) is 27.9. The topological polar surface area (TPSA) is 340 Å². The summed E-state index contributed by atoms with van der Waals surface area (Å²) in [6.07, 6.45) is 5.05. The fourth-order valence-corrected chi connectivity index (χ4v) is 10.0. The van der Waals surface area contributed by atoms with Crippen molar-refractivity contribution in [2.75, 3.05) is 6.61 Å². The number of amides is 4. The number of carbonyl (C=O) groups is 7. The molecule has 448 valence electrons. The third-order valence-electron chi connectivity index (χ3n) is 14.1. The summed E-state index contributed by atoms with van der Waals surface area (Å²) in [6.45, 7) is 2.07. The monoisotopic (exact) mass is 1240 g/mol. The van der Waals surface area contributed by atoms with Crippen molar-refractivity contribution in [1.29, 1.82) is 0 Å². The van der Waals surface area contributed by atoms with E-state index >= 15 is 0 Å². The van der Waals surface area contributed by atoms with Crippen LogP contribution in [-0.4, -0.2) is 119 Å². The molecule has 0 aliphatic carbocycles. The van der Waals surface area contributed by atoms with Crippen LogP contribution in [-0.2, 0) is 28.8 Å². The molecule has 14 rings (SSSR count). The Hall–Kier alpha value is -10.6. The number of nitrogens with one attached hydrogen (secondary N) is 3. The van der Waals surface area contributed by atoms with Crippen molar-refractivity contribution in [3.05, 3.63) is 218 Å². The summed E-state index contributed by atoms with van der Waals surface area (Å²) in [4.78, 5) is 124. The number of carbonyl (C=O) groups excluding carboxylic acids is 6. The van der Waals surface area contributed by atoms with E-state index in [2.05, 4.69) is 39.9 Å². The number of imidazole rings is 3. The Morgan fingerprint density at radius 3 is 1.02 bits per heavy atom. The van der Waals surface area contributed by atoms with E-state index in [4.69, 9.17) is 19.8 Å². The van der Waals surface area contributed by atoms with E-state index in [0.717, 1.165) is 38.9 Å². The molecule has 2 saturated heterocycles. The Balaban J connectivity index is 0.000000151. The number of hydrogen-bond acceptors (Lipinski definition) is 17. The van der Waals surface area contributed by atoms with Gasteiger partial charge in [0.05, 0.1) is 59.2 Å². The van der Waals surface area contributed by atoms with E-state index in [0.29, 0.717) is 66.5 Å². The van der Waals surface area contributed by atoms with E-state index < -0.39 is 41.5 Å². The number of pyridine rings is 3. The van der Waals surface area contributed by atoms with Crippen LogP contribution < -0.4 is 51.4 Å². The second kappa shape index (κ2) is 29.6. The average Bonchev–Trinajstić information content (AvgIpc) is 1.78. The van der Waals surface area contributed by atoms with Crippen LogP contribution in [0.1, 0.15) is 64.1 Å². The molecule has 0 bridgehead atoms. The number of H-pyrrole nitrogens is 3. The van der Waals surface area contributed by atoms with Crippen LogP contribution in [0.3, 0.4) is 0 Å². The molecule has 23 nitrogen and oxygen atoms in total. The predicted molar refractivity (Wildman–Crippen MR) is 329 cm³/mol. The molecule has 2 fully saturated rings. The van der Waals surface area contributed by atoms with Crippen LogP contribution in [0, 0.1) is 0 Å². The van der Waals surface area contributed by atoms with Crippen molar-refractivity contribution >= 4 is 74.6 Å². The van der Waals surface area contributed by atoms with Gasteiger partial charge in [-0.3, -0.25) is 24.4 Å².